The highest BCUT2D eigenvalue weighted by Crippen LogP contribution is 2.21. The Morgan fingerprint density at radius 3 is 3.00 bits per heavy atom. The van der Waals surface area contributed by atoms with Gasteiger partial charge in [0.15, 0.2) is 0 Å². The van der Waals surface area contributed by atoms with E-state index in [4.69, 9.17) is 10.5 Å². The summed E-state index contributed by atoms with van der Waals surface area (Å²) in [4.78, 5) is 4.38. The molecule has 0 aliphatic rings. The maximum absolute atomic E-state index is 5.96. The number of imidazole rings is 1. The largest absolute Gasteiger partial charge is 0.384 e. The lowest BCUT2D eigenvalue weighted by molar-refractivity contribution is 0.152. The summed E-state index contributed by atoms with van der Waals surface area (Å²) < 4.78 is 8.37. The Morgan fingerprint density at radius 2 is 2.29 bits per heavy atom. The maximum atomic E-state index is 5.96. The molecule has 0 fully saturated rings. The lowest BCUT2D eigenvalue weighted by atomic mass is 10.2. The van der Waals surface area contributed by atoms with Crippen LogP contribution < -0.4 is 5.73 Å². The van der Waals surface area contributed by atoms with Gasteiger partial charge in [-0.3, -0.25) is 0 Å². The van der Waals surface area contributed by atoms with Crippen LogP contribution in [0.15, 0.2) is 18.2 Å². The van der Waals surface area contributed by atoms with Crippen molar-refractivity contribution >= 4 is 39.6 Å². The summed E-state index contributed by atoms with van der Waals surface area (Å²) in [5.41, 5.74) is 8.00. The van der Waals surface area contributed by atoms with E-state index in [1.165, 1.54) is 3.57 Å². The van der Waals surface area contributed by atoms with E-state index in [1.54, 1.807) is 7.11 Å². The highest BCUT2D eigenvalue weighted by molar-refractivity contribution is 14.1. The number of halogens is 1. The number of rotatable bonds is 4. The molecule has 2 aromatic rings. The number of fused-ring (bicyclic) bond motifs is 1. The molecular formula is C12H16IN3O. The van der Waals surface area contributed by atoms with E-state index < -0.39 is 0 Å². The van der Waals surface area contributed by atoms with Gasteiger partial charge in [0, 0.05) is 17.2 Å². The van der Waals surface area contributed by atoms with Gasteiger partial charge in [0.25, 0.3) is 0 Å². The molecule has 0 bridgehead atoms. The van der Waals surface area contributed by atoms with Gasteiger partial charge in [0.05, 0.1) is 17.6 Å². The first kappa shape index (κ1) is 12.6. The zero-order valence-corrected chi connectivity index (χ0v) is 12.1. The summed E-state index contributed by atoms with van der Waals surface area (Å²) in [6, 6.07) is 6.19. The van der Waals surface area contributed by atoms with Crippen LogP contribution in [-0.2, 0) is 11.3 Å². The van der Waals surface area contributed by atoms with Gasteiger partial charge in [0.1, 0.15) is 0 Å². The smallest absolute Gasteiger partial charge is 0.201 e. The molecule has 0 aliphatic heterocycles. The second kappa shape index (κ2) is 5.22. The minimum atomic E-state index is 0.416. The molecule has 0 saturated heterocycles. The molecule has 2 rings (SSSR count). The summed E-state index contributed by atoms with van der Waals surface area (Å²) in [7, 11) is 1.72. The number of nitrogen functional groups attached to an aromatic ring is 1. The highest BCUT2D eigenvalue weighted by Gasteiger charge is 2.11. The summed E-state index contributed by atoms with van der Waals surface area (Å²) in [6.07, 6.45) is 0. The molecule has 2 N–H and O–H groups in total. The van der Waals surface area contributed by atoms with Crippen molar-refractivity contribution in [3.05, 3.63) is 21.8 Å². The Morgan fingerprint density at radius 1 is 1.53 bits per heavy atom. The fourth-order valence-electron chi connectivity index (χ4n) is 1.96. The fourth-order valence-corrected chi connectivity index (χ4v) is 2.44. The zero-order valence-electron chi connectivity index (χ0n) is 9.98. The quantitative estimate of drug-likeness (QED) is 0.867. The van der Waals surface area contributed by atoms with Crippen molar-refractivity contribution in [3.8, 4) is 0 Å². The molecule has 0 spiro atoms. The van der Waals surface area contributed by atoms with Crippen molar-refractivity contribution < 1.29 is 4.74 Å². The molecule has 1 aromatic carbocycles. The Balaban J connectivity index is 2.36. The molecule has 1 heterocycles. The third-order valence-corrected chi connectivity index (χ3v) is 3.36. The van der Waals surface area contributed by atoms with Crippen molar-refractivity contribution in [3.63, 3.8) is 0 Å². The van der Waals surface area contributed by atoms with Crippen LogP contribution in [0.5, 0.6) is 0 Å². The van der Waals surface area contributed by atoms with Crippen LogP contribution in [0.4, 0.5) is 5.95 Å². The predicted molar refractivity (Wildman–Crippen MR) is 77.9 cm³/mol. The van der Waals surface area contributed by atoms with E-state index in [2.05, 4.69) is 51.2 Å². The number of benzene rings is 1. The summed E-state index contributed by atoms with van der Waals surface area (Å²) >= 11 is 2.28. The molecule has 17 heavy (non-hydrogen) atoms. The lowest BCUT2D eigenvalue weighted by Gasteiger charge is -2.12. The van der Waals surface area contributed by atoms with Gasteiger partial charge < -0.3 is 15.0 Å². The number of methoxy groups -OCH3 is 1. The van der Waals surface area contributed by atoms with Crippen LogP contribution in [-0.4, -0.2) is 23.3 Å². The van der Waals surface area contributed by atoms with Crippen LogP contribution in [0.25, 0.3) is 11.0 Å². The molecule has 0 radical (unpaired) electrons. The van der Waals surface area contributed by atoms with Crippen molar-refractivity contribution in [1.82, 2.24) is 9.55 Å². The molecule has 4 nitrogen and oxygen atoms in total. The van der Waals surface area contributed by atoms with Crippen molar-refractivity contribution in [2.24, 2.45) is 5.92 Å². The molecular weight excluding hydrogens is 329 g/mol. The Kier molecular flexibility index (Phi) is 3.88. The standard InChI is InChI=1S/C12H16IN3O/c1-8(7-17-2)6-16-11-4-3-9(13)5-10(11)15-12(16)14/h3-5,8H,6-7H2,1-2H3,(H2,14,15). The van der Waals surface area contributed by atoms with E-state index in [0.29, 0.717) is 11.9 Å². The maximum Gasteiger partial charge on any atom is 0.201 e. The Hall–Kier alpha value is -0.820. The zero-order chi connectivity index (χ0) is 12.4. The van der Waals surface area contributed by atoms with Gasteiger partial charge >= 0.3 is 0 Å². The average molecular weight is 345 g/mol. The molecule has 92 valence electrons. The van der Waals surface area contributed by atoms with Gasteiger partial charge in [0.2, 0.25) is 5.95 Å². The molecule has 0 amide bonds. The molecule has 1 atom stereocenters. The number of nitrogens with two attached hydrogens (primary N) is 1. The molecule has 5 heteroatoms. The topological polar surface area (TPSA) is 53.1 Å². The third kappa shape index (κ3) is 2.71. The van der Waals surface area contributed by atoms with Crippen molar-refractivity contribution in [2.75, 3.05) is 19.5 Å². The predicted octanol–water partition coefficient (Wildman–Crippen LogP) is 2.51. The average Bonchev–Trinajstić information content (AvgIpc) is 2.55. The Labute approximate surface area is 114 Å². The molecule has 0 saturated carbocycles. The summed E-state index contributed by atoms with van der Waals surface area (Å²) in [5.74, 6) is 0.990. The van der Waals surface area contributed by atoms with Gasteiger partial charge in [-0.25, -0.2) is 4.98 Å². The highest BCUT2D eigenvalue weighted by atomic mass is 127. The van der Waals surface area contributed by atoms with E-state index in [0.717, 1.165) is 24.2 Å². The van der Waals surface area contributed by atoms with Crippen molar-refractivity contribution in [2.45, 2.75) is 13.5 Å². The van der Waals surface area contributed by atoms with E-state index in [1.807, 2.05) is 6.07 Å². The first-order valence-corrected chi connectivity index (χ1v) is 6.60. The number of nitrogens with zero attached hydrogens (tertiary/aromatic N) is 2. The van der Waals surface area contributed by atoms with Crippen molar-refractivity contribution in [1.29, 1.82) is 0 Å². The van der Waals surface area contributed by atoms with Gasteiger partial charge in [-0.15, -0.1) is 0 Å². The Bertz CT molecular complexity index is 524. The van der Waals surface area contributed by atoms with Crippen LogP contribution in [0, 0.1) is 9.49 Å². The monoisotopic (exact) mass is 345 g/mol. The normalized spacial score (nSPS) is 13.1. The van der Waals surface area contributed by atoms with Crippen LogP contribution in [0.1, 0.15) is 6.92 Å². The first-order chi connectivity index (χ1) is 8.11. The number of hydrogen-bond acceptors (Lipinski definition) is 3. The summed E-state index contributed by atoms with van der Waals surface area (Å²) in [6.45, 7) is 3.70. The van der Waals surface area contributed by atoms with E-state index in [-0.39, 0.29) is 0 Å². The van der Waals surface area contributed by atoms with Gasteiger partial charge in [-0.1, -0.05) is 6.92 Å². The lowest BCUT2D eigenvalue weighted by Crippen LogP contribution is -2.14. The fraction of sp³-hybridized carbons (Fsp3) is 0.417. The minimum Gasteiger partial charge on any atom is -0.384 e. The number of hydrogen-bond donors (Lipinski definition) is 1. The molecule has 1 unspecified atom stereocenters. The van der Waals surface area contributed by atoms with Gasteiger partial charge in [-0.05, 0) is 46.7 Å². The van der Waals surface area contributed by atoms with Crippen LogP contribution in [0.3, 0.4) is 0 Å². The summed E-state index contributed by atoms with van der Waals surface area (Å²) in [5, 5.41) is 0. The van der Waals surface area contributed by atoms with E-state index in [9.17, 15) is 0 Å². The second-order valence-electron chi connectivity index (χ2n) is 4.27. The van der Waals surface area contributed by atoms with E-state index >= 15 is 0 Å². The van der Waals surface area contributed by atoms with Crippen LogP contribution >= 0.6 is 22.6 Å². The number of aromatic nitrogens is 2. The second-order valence-corrected chi connectivity index (χ2v) is 5.52. The van der Waals surface area contributed by atoms with Gasteiger partial charge in [-0.2, -0.15) is 0 Å². The number of ether oxygens (including phenoxy) is 1. The minimum absolute atomic E-state index is 0.416. The van der Waals surface area contributed by atoms with Crippen LogP contribution in [0.2, 0.25) is 0 Å². The number of anilines is 1. The first-order valence-electron chi connectivity index (χ1n) is 5.52. The molecule has 1 aromatic heterocycles. The SMILES string of the molecule is COCC(C)Cn1c(N)nc2cc(I)ccc21. The molecule has 0 aliphatic carbocycles. The third-order valence-electron chi connectivity index (χ3n) is 2.69.